The van der Waals surface area contributed by atoms with Gasteiger partial charge in [-0.25, -0.2) is 4.98 Å². The van der Waals surface area contributed by atoms with Crippen LogP contribution >= 0.6 is 0 Å². The number of imidazole rings is 1. The van der Waals surface area contributed by atoms with Crippen LogP contribution in [0, 0.1) is 0 Å². The van der Waals surface area contributed by atoms with E-state index >= 15 is 0 Å². The van der Waals surface area contributed by atoms with Gasteiger partial charge in [0.15, 0.2) is 5.76 Å². The molecule has 1 saturated heterocycles. The van der Waals surface area contributed by atoms with Gasteiger partial charge in [0, 0.05) is 51.0 Å². The SMILES string of the molecule is Cn1ccnc1CN1CCCN(C(=O)c2cc3ccccc3o2)CC1. The zero-order chi connectivity index (χ0) is 17.2. The molecule has 0 aliphatic carbocycles. The Morgan fingerprint density at radius 1 is 1.20 bits per heavy atom. The van der Waals surface area contributed by atoms with Gasteiger partial charge in [0.2, 0.25) is 0 Å². The van der Waals surface area contributed by atoms with Crippen molar-refractivity contribution in [3.05, 3.63) is 54.3 Å². The van der Waals surface area contributed by atoms with Crippen molar-refractivity contribution in [3.8, 4) is 0 Å². The first-order chi connectivity index (χ1) is 12.2. The third kappa shape index (κ3) is 3.30. The molecule has 3 aromatic rings. The van der Waals surface area contributed by atoms with Crippen LogP contribution in [-0.2, 0) is 13.6 Å². The van der Waals surface area contributed by atoms with Gasteiger partial charge in [-0.05, 0) is 18.6 Å². The first-order valence-electron chi connectivity index (χ1n) is 8.67. The maximum atomic E-state index is 12.8. The highest BCUT2D eigenvalue weighted by Crippen LogP contribution is 2.20. The molecule has 0 bridgehead atoms. The van der Waals surface area contributed by atoms with Crippen molar-refractivity contribution >= 4 is 16.9 Å². The van der Waals surface area contributed by atoms with Gasteiger partial charge in [-0.3, -0.25) is 9.69 Å². The summed E-state index contributed by atoms with van der Waals surface area (Å²) in [6.07, 6.45) is 4.74. The molecule has 1 fully saturated rings. The van der Waals surface area contributed by atoms with Crippen molar-refractivity contribution in [1.29, 1.82) is 0 Å². The number of amides is 1. The predicted molar refractivity (Wildman–Crippen MR) is 95.2 cm³/mol. The number of carbonyl (C=O) groups is 1. The summed E-state index contributed by atoms with van der Waals surface area (Å²) in [5, 5.41) is 0.970. The maximum Gasteiger partial charge on any atom is 0.289 e. The number of rotatable bonds is 3. The van der Waals surface area contributed by atoms with Crippen LogP contribution in [0.2, 0.25) is 0 Å². The van der Waals surface area contributed by atoms with E-state index in [2.05, 4.69) is 9.88 Å². The number of fused-ring (bicyclic) bond motifs is 1. The lowest BCUT2D eigenvalue weighted by Gasteiger charge is -2.21. The van der Waals surface area contributed by atoms with Gasteiger partial charge < -0.3 is 13.9 Å². The Kier molecular flexibility index (Phi) is 4.28. The van der Waals surface area contributed by atoms with Crippen LogP contribution in [0.25, 0.3) is 11.0 Å². The topological polar surface area (TPSA) is 54.5 Å². The summed E-state index contributed by atoms with van der Waals surface area (Å²) >= 11 is 0. The number of hydrogen-bond acceptors (Lipinski definition) is 4. The van der Waals surface area contributed by atoms with Crippen LogP contribution in [0.4, 0.5) is 0 Å². The molecule has 1 aromatic carbocycles. The summed E-state index contributed by atoms with van der Waals surface area (Å²) in [5.74, 6) is 1.46. The Hall–Kier alpha value is -2.60. The molecule has 1 amide bonds. The monoisotopic (exact) mass is 338 g/mol. The van der Waals surface area contributed by atoms with E-state index in [9.17, 15) is 4.79 Å². The van der Waals surface area contributed by atoms with Gasteiger partial charge in [0.05, 0.1) is 6.54 Å². The van der Waals surface area contributed by atoms with E-state index in [0.29, 0.717) is 12.3 Å². The molecule has 1 aliphatic heterocycles. The molecule has 0 N–H and O–H groups in total. The third-order valence-corrected chi connectivity index (χ3v) is 4.80. The molecule has 2 aromatic heterocycles. The Morgan fingerprint density at radius 2 is 2.08 bits per heavy atom. The second-order valence-corrected chi connectivity index (χ2v) is 6.52. The van der Waals surface area contributed by atoms with Crippen molar-refractivity contribution in [2.75, 3.05) is 26.2 Å². The summed E-state index contributed by atoms with van der Waals surface area (Å²) in [4.78, 5) is 21.4. The Labute approximate surface area is 146 Å². The molecule has 0 unspecified atom stereocenters. The second-order valence-electron chi connectivity index (χ2n) is 6.52. The second kappa shape index (κ2) is 6.72. The number of hydrogen-bond donors (Lipinski definition) is 0. The molecular weight excluding hydrogens is 316 g/mol. The molecule has 0 saturated carbocycles. The summed E-state index contributed by atoms with van der Waals surface area (Å²) in [5.41, 5.74) is 0.761. The van der Waals surface area contributed by atoms with Crippen molar-refractivity contribution in [2.24, 2.45) is 7.05 Å². The van der Waals surface area contributed by atoms with Gasteiger partial charge in [0.25, 0.3) is 5.91 Å². The molecule has 0 atom stereocenters. The fourth-order valence-electron chi connectivity index (χ4n) is 3.32. The number of aryl methyl sites for hydroxylation is 1. The van der Waals surface area contributed by atoms with Crippen molar-refractivity contribution in [2.45, 2.75) is 13.0 Å². The zero-order valence-corrected chi connectivity index (χ0v) is 14.4. The lowest BCUT2D eigenvalue weighted by Crippen LogP contribution is -2.35. The quantitative estimate of drug-likeness (QED) is 0.736. The fourth-order valence-corrected chi connectivity index (χ4v) is 3.32. The molecule has 1 aliphatic rings. The highest BCUT2D eigenvalue weighted by Gasteiger charge is 2.23. The van der Waals surface area contributed by atoms with E-state index in [1.165, 1.54) is 0 Å². The molecule has 3 heterocycles. The molecule has 4 rings (SSSR count). The molecule has 6 heteroatoms. The number of furan rings is 1. The summed E-state index contributed by atoms with van der Waals surface area (Å²) in [6.45, 7) is 4.10. The number of para-hydroxylation sites is 1. The predicted octanol–water partition coefficient (Wildman–Crippen LogP) is 2.51. The van der Waals surface area contributed by atoms with Crippen LogP contribution in [0.3, 0.4) is 0 Å². The molecule has 0 radical (unpaired) electrons. The smallest absolute Gasteiger partial charge is 0.289 e. The van der Waals surface area contributed by atoms with Crippen LogP contribution in [0.1, 0.15) is 22.8 Å². The van der Waals surface area contributed by atoms with E-state index in [4.69, 9.17) is 4.42 Å². The molecular formula is C19H22N4O2. The lowest BCUT2D eigenvalue weighted by molar-refractivity contribution is 0.0731. The summed E-state index contributed by atoms with van der Waals surface area (Å²) in [6, 6.07) is 9.57. The van der Waals surface area contributed by atoms with E-state index in [0.717, 1.165) is 49.4 Å². The van der Waals surface area contributed by atoms with E-state index < -0.39 is 0 Å². The fraction of sp³-hybridized carbons (Fsp3) is 0.368. The number of benzene rings is 1. The largest absolute Gasteiger partial charge is 0.451 e. The highest BCUT2D eigenvalue weighted by molar-refractivity contribution is 5.96. The van der Waals surface area contributed by atoms with Gasteiger partial charge in [-0.2, -0.15) is 0 Å². The summed E-state index contributed by atoms with van der Waals surface area (Å²) in [7, 11) is 2.01. The van der Waals surface area contributed by atoms with Crippen molar-refractivity contribution in [1.82, 2.24) is 19.4 Å². The highest BCUT2D eigenvalue weighted by atomic mass is 16.3. The van der Waals surface area contributed by atoms with Crippen LogP contribution < -0.4 is 0 Å². The first kappa shape index (κ1) is 15.9. The van der Waals surface area contributed by atoms with E-state index in [1.54, 1.807) is 0 Å². The van der Waals surface area contributed by atoms with Crippen LogP contribution in [0.15, 0.2) is 47.1 Å². The van der Waals surface area contributed by atoms with Crippen LogP contribution in [0.5, 0.6) is 0 Å². The molecule has 6 nitrogen and oxygen atoms in total. The minimum Gasteiger partial charge on any atom is -0.451 e. The molecule has 130 valence electrons. The molecule has 25 heavy (non-hydrogen) atoms. The van der Waals surface area contributed by atoms with Gasteiger partial charge >= 0.3 is 0 Å². The van der Waals surface area contributed by atoms with Crippen molar-refractivity contribution < 1.29 is 9.21 Å². The van der Waals surface area contributed by atoms with Crippen molar-refractivity contribution in [3.63, 3.8) is 0 Å². The minimum absolute atomic E-state index is 0.0185. The standard InChI is InChI=1S/C19H22N4O2/c1-21-10-7-20-18(21)14-22-8-4-9-23(12-11-22)19(24)17-13-15-5-2-3-6-16(15)25-17/h2-3,5-7,10,13H,4,8-9,11-12,14H2,1H3. The van der Waals surface area contributed by atoms with Gasteiger partial charge in [0.1, 0.15) is 11.4 Å². The number of carbonyl (C=O) groups excluding carboxylic acids is 1. The average molecular weight is 338 g/mol. The number of nitrogens with zero attached hydrogens (tertiary/aromatic N) is 4. The average Bonchev–Trinajstić information content (AvgIpc) is 3.15. The van der Waals surface area contributed by atoms with Crippen LogP contribution in [-0.4, -0.2) is 51.4 Å². The Balaban J connectivity index is 1.43. The Morgan fingerprint density at radius 3 is 2.88 bits per heavy atom. The summed E-state index contributed by atoms with van der Waals surface area (Å²) < 4.78 is 7.78. The third-order valence-electron chi connectivity index (χ3n) is 4.80. The Bertz CT molecular complexity index is 849. The van der Waals surface area contributed by atoms with E-state index in [-0.39, 0.29) is 5.91 Å². The normalized spacial score (nSPS) is 16.3. The zero-order valence-electron chi connectivity index (χ0n) is 14.4. The number of aromatic nitrogens is 2. The van der Waals surface area contributed by atoms with Gasteiger partial charge in [-0.15, -0.1) is 0 Å². The van der Waals surface area contributed by atoms with Gasteiger partial charge in [-0.1, -0.05) is 18.2 Å². The lowest BCUT2D eigenvalue weighted by atomic mass is 10.2. The first-order valence-corrected chi connectivity index (χ1v) is 8.67. The van der Waals surface area contributed by atoms with E-state index in [1.807, 2.05) is 59.2 Å². The molecule has 0 spiro atoms. The maximum absolute atomic E-state index is 12.8. The minimum atomic E-state index is -0.0185.